The summed E-state index contributed by atoms with van der Waals surface area (Å²) in [6, 6.07) is 5.57. The van der Waals surface area contributed by atoms with E-state index in [0.29, 0.717) is 23.1 Å². The molecule has 3 unspecified atom stereocenters. The van der Waals surface area contributed by atoms with Crippen LogP contribution < -0.4 is 4.74 Å². The summed E-state index contributed by atoms with van der Waals surface area (Å²) in [6.07, 6.45) is 15.2. The Morgan fingerprint density at radius 2 is 1.91 bits per heavy atom. The molecule has 0 saturated heterocycles. The second-order valence-corrected chi connectivity index (χ2v) is 10.9. The van der Waals surface area contributed by atoms with Crippen LogP contribution in [0.5, 0.6) is 5.75 Å². The largest absolute Gasteiger partial charge is 0.490 e. The molecule has 1 aliphatic heterocycles. The third-order valence-corrected chi connectivity index (χ3v) is 8.25. The molecule has 0 aromatic heterocycles. The van der Waals surface area contributed by atoms with Crippen molar-refractivity contribution in [3.05, 3.63) is 46.4 Å². The van der Waals surface area contributed by atoms with Crippen molar-refractivity contribution in [2.75, 3.05) is 0 Å². The second-order valence-electron chi connectivity index (χ2n) is 9.71. The molecule has 1 N–H and O–H groups in total. The highest BCUT2D eigenvalue weighted by Gasteiger charge is 2.25. The van der Waals surface area contributed by atoms with E-state index >= 15 is 0 Å². The molecule has 0 radical (unpaired) electrons. The Kier molecular flexibility index (Phi) is 9.34. The lowest BCUT2D eigenvalue weighted by molar-refractivity contribution is 0.0694. The normalized spacial score (nSPS) is 25.6. The van der Waals surface area contributed by atoms with Gasteiger partial charge < -0.3 is 9.84 Å². The number of thioether (sulfide) groups is 1. The van der Waals surface area contributed by atoms with Crippen molar-refractivity contribution in [2.24, 2.45) is 17.8 Å². The number of rotatable bonds is 7. The first-order valence-corrected chi connectivity index (χ1v) is 13.3. The monoisotopic (exact) mass is 456 g/mol. The number of hydrogen-bond acceptors (Lipinski definition) is 3. The standard InChI is InChI=1S/C28H40O3S/c1-5-25-15-20(4)12-14-27(32-25)22-16-23(28(29)30)18-24(17-22)31-26(6-2)21-10-8-7-9-19(3)11-13-21/h14-21,26H,5-13H2,1-4H3,(H,29,30)/t19?,20?,21?,26-/m0/s1. The van der Waals surface area contributed by atoms with Crippen molar-refractivity contribution in [2.45, 2.75) is 91.6 Å². The summed E-state index contributed by atoms with van der Waals surface area (Å²) >= 11 is 1.77. The van der Waals surface area contributed by atoms with Gasteiger partial charge in [-0.2, -0.15) is 0 Å². The SMILES string of the molecule is CCC1=CC(C)CC=C(c2cc(O[C@@H](CC)C3CCCCC(C)CC3)cc(C(=O)O)c2)S1. The maximum atomic E-state index is 11.9. The van der Waals surface area contributed by atoms with Crippen LogP contribution in [0.15, 0.2) is 35.3 Å². The zero-order valence-corrected chi connectivity index (χ0v) is 21.0. The smallest absolute Gasteiger partial charge is 0.335 e. The van der Waals surface area contributed by atoms with Crippen LogP contribution in [0.3, 0.4) is 0 Å². The van der Waals surface area contributed by atoms with Gasteiger partial charge in [-0.05, 0) is 78.5 Å². The van der Waals surface area contributed by atoms with Crippen LogP contribution in [0, 0.1) is 17.8 Å². The quantitative estimate of drug-likeness (QED) is 0.446. The Hall–Kier alpha value is -1.68. The predicted octanol–water partition coefficient (Wildman–Crippen LogP) is 8.56. The molecule has 1 aromatic rings. The molecule has 1 fully saturated rings. The van der Waals surface area contributed by atoms with Gasteiger partial charge in [-0.15, -0.1) is 0 Å². The van der Waals surface area contributed by atoms with Gasteiger partial charge in [0.15, 0.2) is 0 Å². The zero-order chi connectivity index (χ0) is 23.1. The van der Waals surface area contributed by atoms with Crippen LogP contribution in [0.1, 0.15) is 101 Å². The molecular formula is C28H40O3S. The number of benzene rings is 1. The van der Waals surface area contributed by atoms with Crippen LogP contribution in [0.25, 0.3) is 4.91 Å². The zero-order valence-electron chi connectivity index (χ0n) is 20.2. The molecule has 3 nitrogen and oxygen atoms in total. The Bertz CT molecular complexity index is 841. The Morgan fingerprint density at radius 3 is 2.62 bits per heavy atom. The van der Waals surface area contributed by atoms with E-state index in [1.54, 1.807) is 23.9 Å². The first-order valence-electron chi connectivity index (χ1n) is 12.5. The van der Waals surface area contributed by atoms with Gasteiger partial charge in [-0.25, -0.2) is 4.79 Å². The van der Waals surface area contributed by atoms with Crippen LogP contribution in [-0.2, 0) is 0 Å². The van der Waals surface area contributed by atoms with Gasteiger partial charge in [0.1, 0.15) is 11.9 Å². The first-order chi connectivity index (χ1) is 15.4. The number of carboxylic acid groups (broad SMARTS) is 1. The molecule has 1 aromatic carbocycles. The third-order valence-electron chi connectivity index (χ3n) is 6.94. The molecule has 0 spiro atoms. The summed E-state index contributed by atoms with van der Waals surface area (Å²) < 4.78 is 6.55. The average Bonchev–Trinajstić information content (AvgIpc) is 2.96. The van der Waals surface area contributed by atoms with Gasteiger partial charge in [0.05, 0.1) is 5.56 Å². The summed E-state index contributed by atoms with van der Waals surface area (Å²) in [5.74, 6) is 1.63. The van der Waals surface area contributed by atoms with Crippen molar-refractivity contribution in [1.29, 1.82) is 0 Å². The van der Waals surface area contributed by atoms with Gasteiger partial charge in [-0.3, -0.25) is 0 Å². The maximum Gasteiger partial charge on any atom is 0.335 e. The molecule has 4 atom stereocenters. The van der Waals surface area contributed by atoms with E-state index < -0.39 is 5.97 Å². The fraction of sp³-hybridized carbons (Fsp3) is 0.607. The van der Waals surface area contributed by atoms with Gasteiger partial charge in [0.2, 0.25) is 0 Å². The molecule has 1 heterocycles. The molecule has 0 bridgehead atoms. The average molecular weight is 457 g/mol. The van der Waals surface area contributed by atoms with E-state index in [4.69, 9.17) is 4.74 Å². The van der Waals surface area contributed by atoms with E-state index in [0.717, 1.165) is 35.6 Å². The van der Waals surface area contributed by atoms with Gasteiger partial charge in [0.25, 0.3) is 0 Å². The van der Waals surface area contributed by atoms with Gasteiger partial charge in [-0.1, -0.05) is 77.3 Å². The van der Waals surface area contributed by atoms with Crippen molar-refractivity contribution in [3.8, 4) is 5.75 Å². The highest BCUT2D eigenvalue weighted by molar-refractivity contribution is 8.11. The molecule has 32 heavy (non-hydrogen) atoms. The molecule has 176 valence electrons. The fourth-order valence-electron chi connectivity index (χ4n) is 4.94. The highest BCUT2D eigenvalue weighted by atomic mass is 32.2. The minimum absolute atomic E-state index is 0.138. The number of allylic oxidation sites excluding steroid dienone is 3. The van der Waals surface area contributed by atoms with Crippen molar-refractivity contribution in [3.63, 3.8) is 0 Å². The fourth-order valence-corrected chi connectivity index (χ4v) is 6.08. The molecule has 0 amide bonds. The number of carbonyl (C=O) groups is 1. The van der Waals surface area contributed by atoms with Crippen molar-refractivity contribution >= 4 is 22.6 Å². The highest BCUT2D eigenvalue weighted by Crippen LogP contribution is 2.41. The second kappa shape index (κ2) is 12.0. The third kappa shape index (κ3) is 6.91. The first kappa shape index (κ1) is 25.0. The number of ether oxygens (including phenoxy) is 1. The molecule has 1 saturated carbocycles. The van der Waals surface area contributed by atoms with E-state index in [-0.39, 0.29) is 6.10 Å². The summed E-state index contributed by atoms with van der Waals surface area (Å²) in [7, 11) is 0. The van der Waals surface area contributed by atoms with E-state index in [9.17, 15) is 9.90 Å². The Balaban J connectivity index is 1.86. The summed E-state index contributed by atoms with van der Waals surface area (Å²) in [5, 5.41) is 9.77. The van der Waals surface area contributed by atoms with Crippen LogP contribution >= 0.6 is 11.8 Å². The van der Waals surface area contributed by atoms with E-state index in [2.05, 4.69) is 45.9 Å². The van der Waals surface area contributed by atoms with Crippen LogP contribution in [0.4, 0.5) is 0 Å². The molecule has 3 rings (SSSR count). The maximum absolute atomic E-state index is 11.9. The minimum Gasteiger partial charge on any atom is -0.490 e. The molecule has 4 heteroatoms. The van der Waals surface area contributed by atoms with Crippen LogP contribution in [0.2, 0.25) is 0 Å². The van der Waals surface area contributed by atoms with Crippen molar-refractivity contribution < 1.29 is 14.6 Å². The summed E-state index contributed by atoms with van der Waals surface area (Å²) in [4.78, 5) is 14.4. The van der Waals surface area contributed by atoms with E-state index in [1.165, 1.54) is 43.4 Å². The number of aromatic carboxylic acids is 1. The topological polar surface area (TPSA) is 46.5 Å². The number of hydrogen-bond donors (Lipinski definition) is 1. The molecular weight excluding hydrogens is 416 g/mol. The van der Waals surface area contributed by atoms with Crippen LogP contribution in [-0.4, -0.2) is 17.2 Å². The lowest BCUT2D eigenvalue weighted by atomic mass is 9.83. The lowest BCUT2D eigenvalue weighted by Gasteiger charge is -2.30. The Labute approximate surface area is 198 Å². The summed E-state index contributed by atoms with van der Waals surface area (Å²) in [6.45, 7) is 8.97. The molecule has 2 aliphatic rings. The predicted molar refractivity (Wildman–Crippen MR) is 136 cm³/mol. The molecule has 1 aliphatic carbocycles. The van der Waals surface area contributed by atoms with E-state index in [1.807, 2.05) is 0 Å². The minimum atomic E-state index is -0.900. The number of carboxylic acids is 1. The van der Waals surface area contributed by atoms with Gasteiger partial charge >= 0.3 is 5.97 Å². The van der Waals surface area contributed by atoms with Gasteiger partial charge in [0, 0.05) is 4.91 Å². The lowest BCUT2D eigenvalue weighted by Crippen LogP contribution is -2.28. The van der Waals surface area contributed by atoms with Crippen molar-refractivity contribution in [1.82, 2.24) is 0 Å². The Morgan fingerprint density at radius 1 is 1.12 bits per heavy atom. The summed E-state index contributed by atoms with van der Waals surface area (Å²) in [5.41, 5.74) is 1.26.